The predicted octanol–water partition coefficient (Wildman–Crippen LogP) is 3.10. The highest BCUT2D eigenvalue weighted by atomic mass is 16.1. The lowest BCUT2D eigenvalue weighted by Crippen LogP contribution is -2.18. The van der Waals surface area contributed by atoms with E-state index in [1.165, 1.54) is 12.8 Å². The predicted molar refractivity (Wildman–Crippen MR) is 51.0 cm³/mol. The lowest BCUT2D eigenvalue weighted by molar-refractivity contribution is -0.113. The standard InChI is InChI=1S/C11H18O/c1-4-11(3)7-5-6-10(8-11)9(2)12/h8H,4-7H2,1-3H3. The number of rotatable bonds is 2. The molecule has 1 heteroatoms. The second-order valence-corrected chi connectivity index (χ2v) is 4.09. The van der Waals surface area contributed by atoms with Crippen LogP contribution in [0.2, 0.25) is 0 Å². The molecule has 0 saturated heterocycles. The van der Waals surface area contributed by atoms with Crippen LogP contribution < -0.4 is 0 Å². The summed E-state index contributed by atoms with van der Waals surface area (Å²) >= 11 is 0. The molecule has 1 atom stereocenters. The van der Waals surface area contributed by atoms with Gasteiger partial charge in [-0.3, -0.25) is 4.79 Å². The maximum Gasteiger partial charge on any atom is 0.155 e. The molecule has 0 fully saturated rings. The third kappa shape index (κ3) is 1.96. The first-order chi connectivity index (χ1) is 5.57. The molecule has 0 saturated carbocycles. The summed E-state index contributed by atoms with van der Waals surface area (Å²) in [6.45, 7) is 6.11. The summed E-state index contributed by atoms with van der Waals surface area (Å²) in [4.78, 5) is 11.1. The van der Waals surface area contributed by atoms with Crippen LogP contribution in [0, 0.1) is 5.41 Å². The van der Waals surface area contributed by atoms with Crippen LogP contribution >= 0.6 is 0 Å². The van der Waals surface area contributed by atoms with Gasteiger partial charge in [-0.2, -0.15) is 0 Å². The molecule has 0 aliphatic heterocycles. The Balaban J connectivity index is 2.83. The minimum atomic E-state index is 0.259. The molecule has 0 N–H and O–H groups in total. The van der Waals surface area contributed by atoms with Gasteiger partial charge in [-0.05, 0) is 43.6 Å². The Bertz CT molecular complexity index is 215. The molecule has 0 spiro atoms. The van der Waals surface area contributed by atoms with Crippen molar-refractivity contribution in [3.8, 4) is 0 Å². The number of carbonyl (C=O) groups excluding carboxylic acids is 1. The molecule has 0 bridgehead atoms. The normalized spacial score (nSPS) is 29.8. The largest absolute Gasteiger partial charge is 0.295 e. The van der Waals surface area contributed by atoms with E-state index in [0.717, 1.165) is 18.4 Å². The lowest BCUT2D eigenvalue weighted by Gasteiger charge is -2.29. The molecule has 1 nitrogen and oxygen atoms in total. The molecule has 0 radical (unpaired) electrons. The van der Waals surface area contributed by atoms with E-state index in [-0.39, 0.29) is 5.78 Å². The van der Waals surface area contributed by atoms with Gasteiger partial charge in [0.1, 0.15) is 0 Å². The van der Waals surface area contributed by atoms with Crippen molar-refractivity contribution in [1.29, 1.82) is 0 Å². The van der Waals surface area contributed by atoms with Crippen LogP contribution in [0.3, 0.4) is 0 Å². The van der Waals surface area contributed by atoms with Crippen molar-refractivity contribution in [2.45, 2.75) is 46.5 Å². The first-order valence-corrected chi connectivity index (χ1v) is 4.80. The highest BCUT2D eigenvalue weighted by molar-refractivity contribution is 5.93. The van der Waals surface area contributed by atoms with Crippen LogP contribution in [-0.2, 0) is 4.79 Å². The van der Waals surface area contributed by atoms with Crippen molar-refractivity contribution in [2.24, 2.45) is 5.41 Å². The molecular formula is C11H18O. The van der Waals surface area contributed by atoms with Gasteiger partial charge in [0.2, 0.25) is 0 Å². The molecule has 0 aromatic heterocycles. The van der Waals surface area contributed by atoms with E-state index in [0.29, 0.717) is 5.41 Å². The Morgan fingerprint density at radius 2 is 2.33 bits per heavy atom. The summed E-state index contributed by atoms with van der Waals surface area (Å²) in [7, 11) is 0. The number of carbonyl (C=O) groups is 1. The van der Waals surface area contributed by atoms with Crippen molar-refractivity contribution >= 4 is 5.78 Å². The van der Waals surface area contributed by atoms with E-state index < -0.39 is 0 Å². The molecule has 0 aromatic carbocycles. The Morgan fingerprint density at radius 3 is 2.83 bits per heavy atom. The minimum Gasteiger partial charge on any atom is -0.295 e. The summed E-state index contributed by atoms with van der Waals surface area (Å²) in [5.41, 5.74) is 1.34. The van der Waals surface area contributed by atoms with Crippen LogP contribution in [0.1, 0.15) is 46.5 Å². The third-order valence-corrected chi connectivity index (χ3v) is 2.98. The van der Waals surface area contributed by atoms with Crippen molar-refractivity contribution < 1.29 is 4.79 Å². The van der Waals surface area contributed by atoms with Crippen molar-refractivity contribution in [3.63, 3.8) is 0 Å². The van der Waals surface area contributed by atoms with Gasteiger partial charge in [0.15, 0.2) is 5.78 Å². The Morgan fingerprint density at radius 1 is 1.67 bits per heavy atom. The quantitative estimate of drug-likeness (QED) is 0.616. The zero-order valence-corrected chi connectivity index (χ0v) is 8.31. The summed E-state index contributed by atoms with van der Waals surface area (Å²) in [6, 6.07) is 0. The summed E-state index contributed by atoms with van der Waals surface area (Å²) in [6.07, 6.45) is 6.74. The second-order valence-electron chi connectivity index (χ2n) is 4.09. The number of hydrogen-bond acceptors (Lipinski definition) is 1. The summed E-state index contributed by atoms with van der Waals surface area (Å²) in [5.74, 6) is 0.259. The van der Waals surface area contributed by atoms with Crippen LogP contribution in [0.25, 0.3) is 0 Å². The highest BCUT2D eigenvalue weighted by Crippen LogP contribution is 2.36. The molecule has 1 rings (SSSR count). The zero-order chi connectivity index (χ0) is 9.19. The van der Waals surface area contributed by atoms with Crippen LogP contribution in [0.15, 0.2) is 11.6 Å². The average molecular weight is 166 g/mol. The van der Waals surface area contributed by atoms with Crippen molar-refractivity contribution in [3.05, 3.63) is 11.6 Å². The fraction of sp³-hybridized carbons (Fsp3) is 0.727. The molecular weight excluding hydrogens is 148 g/mol. The van der Waals surface area contributed by atoms with Crippen LogP contribution in [-0.4, -0.2) is 5.78 Å². The van der Waals surface area contributed by atoms with Crippen molar-refractivity contribution in [1.82, 2.24) is 0 Å². The topological polar surface area (TPSA) is 17.1 Å². The molecule has 0 aromatic rings. The smallest absolute Gasteiger partial charge is 0.155 e. The second kappa shape index (κ2) is 3.42. The van der Waals surface area contributed by atoms with Crippen LogP contribution in [0.5, 0.6) is 0 Å². The Labute approximate surface area is 74.9 Å². The first-order valence-electron chi connectivity index (χ1n) is 4.80. The summed E-state index contributed by atoms with van der Waals surface area (Å²) < 4.78 is 0. The van der Waals surface area contributed by atoms with Crippen molar-refractivity contribution in [2.75, 3.05) is 0 Å². The maximum absolute atomic E-state index is 11.1. The van der Waals surface area contributed by atoms with E-state index in [1.54, 1.807) is 6.92 Å². The van der Waals surface area contributed by atoms with Gasteiger partial charge in [-0.15, -0.1) is 0 Å². The minimum absolute atomic E-state index is 0.259. The monoisotopic (exact) mass is 166 g/mol. The Kier molecular flexibility index (Phi) is 2.71. The highest BCUT2D eigenvalue weighted by Gasteiger charge is 2.24. The molecule has 68 valence electrons. The molecule has 12 heavy (non-hydrogen) atoms. The molecule has 1 aliphatic rings. The third-order valence-electron chi connectivity index (χ3n) is 2.98. The fourth-order valence-electron chi connectivity index (χ4n) is 1.80. The molecule has 1 unspecified atom stereocenters. The number of hydrogen-bond donors (Lipinski definition) is 0. The van der Waals surface area contributed by atoms with Crippen LogP contribution in [0.4, 0.5) is 0 Å². The van der Waals surface area contributed by atoms with Gasteiger partial charge in [-0.25, -0.2) is 0 Å². The molecule has 1 aliphatic carbocycles. The zero-order valence-electron chi connectivity index (χ0n) is 8.31. The van der Waals surface area contributed by atoms with E-state index in [9.17, 15) is 4.79 Å². The van der Waals surface area contributed by atoms with E-state index >= 15 is 0 Å². The number of Topliss-reactive ketones (excluding diaryl/α,β-unsaturated/α-hetero) is 1. The van der Waals surface area contributed by atoms with Gasteiger partial charge in [0, 0.05) is 0 Å². The van der Waals surface area contributed by atoms with Gasteiger partial charge in [0.25, 0.3) is 0 Å². The number of allylic oxidation sites excluding steroid dienone is 2. The average Bonchev–Trinajstić information content (AvgIpc) is 2.05. The van der Waals surface area contributed by atoms with E-state index in [1.807, 2.05) is 0 Å². The van der Waals surface area contributed by atoms with E-state index in [4.69, 9.17) is 0 Å². The molecule has 0 amide bonds. The number of ketones is 1. The Hall–Kier alpha value is -0.590. The van der Waals surface area contributed by atoms with E-state index in [2.05, 4.69) is 19.9 Å². The van der Waals surface area contributed by atoms with Gasteiger partial charge >= 0.3 is 0 Å². The first kappa shape index (κ1) is 9.50. The maximum atomic E-state index is 11.1. The van der Waals surface area contributed by atoms with Gasteiger partial charge in [0.05, 0.1) is 0 Å². The lowest BCUT2D eigenvalue weighted by atomic mass is 9.75. The summed E-state index contributed by atoms with van der Waals surface area (Å²) in [5, 5.41) is 0. The SMILES string of the molecule is CCC1(C)C=C(C(C)=O)CCC1. The molecule has 0 heterocycles. The van der Waals surface area contributed by atoms with Gasteiger partial charge < -0.3 is 0 Å². The fourth-order valence-corrected chi connectivity index (χ4v) is 1.80. The van der Waals surface area contributed by atoms with Gasteiger partial charge in [-0.1, -0.05) is 19.9 Å².